The van der Waals surface area contributed by atoms with Crippen molar-refractivity contribution >= 4 is 11.9 Å². The van der Waals surface area contributed by atoms with Gasteiger partial charge in [-0.25, -0.2) is 4.79 Å². The van der Waals surface area contributed by atoms with Gasteiger partial charge in [0.25, 0.3) is 0 Å². The van der Waals surface area contributed by atoms with E-state index in [2.05, 4.69) is 47.6 Å². The number of rotatable bonds is 10. The second-order valence-electron chi connectivity index (χ2n) is 14.1. The van der Waals surface area contributed by atoms with Gasteiger partial charge >= 0.3 is 11.9 Å². The van der Waals surface area contributed by atoms with E-state index in [0.717, 1.165) is 32.1 Å². The Bertz CT molecular complexity index is 903. The van der Waals surface area contributed by atoms with Crippen LogP contribution in [0.3, 0.4) is 0 Å². The number of hydrogen-bond acceptors (Lipinski definition) is 6. The van der Waals surface area contributed by atoms with Gasteiger partial charge in [-0.3, -0.25) is 4.79 Å². The van der Waals surface area contributed by atoms with E-state index in [-0.39, 0.29) is 41.8 Å². The predicted molar refractivity (Wildman–Crippen MR) is 145 cm³/mol. The monoisotopic (exact) mass is 520 g/mol. The molecule has 0 bridgehead atoms. The predicted octanol–water partition coefficient (Wildman–Crippen LogP) is 6.53. The average molecular weight is 521 g/mol. The first-order valence-electron chi connectivity index (χ1n) is 14.4. The molecule has 2 fully saturated rings. The molecule has 5 unspecified atom stereocenters. The molecule has 6 heteroatoms. The Hall–Kier alpha value is -1.40. The van der Waals surface area contributed by atoms with Gasteiger partial charge in [0, 0.05) is 12.8 Å². The third kappa shape index (κ3) is 5.95. The van der Waals surface area contributed by atoms with E-state index in [1.54, 1.807) is 0 Å². The first kappa shape index (κ1) is 30.1. The Kier molecular flexibility index (Phi) is 8.39. The minimum absolute atomic E-state index is 0.0935. The summed E-state index contributed by atoms with van der Waals surface area (Å²) in [6.07, 6.45) is 7.42. The van der Waals surface area contributed by atoms with Gasteiger partial charge in [-0.15, -0.1) is 0 Å². The molecule has 0 amide bonds. The molecule has 37 heavy (non-hydrogen) atoms. The number of hydrogen-bond donors (Lipinski definition) is 1. The Morgan fingerprint density at radius 1 is 1.00 bits per heavy atom. The van der Waals surface area contributed by atoms with Crippen molar-refractivity contribution < 1.29 is 28.9 Å². The maximum Gasteiger partial charge on any atom is 0.338 e. The Morgan fingerprint density at radius 2 is 1.59 bits per heavy atom. The minimum atomic E-state index is -1.69. The molecule has 0 spiro atoms. The minimum Gasteiger partial charge on any atom is -0.458 e. The van der Waals surface area contributed by atoms with Crippen molar-refractivity contribution in [1.82, 2.24) is 0 Å². The highest BCUT2D eigenvalue weighted by Gasteiger charge is 2.62. The van der Waals surface area contributed by atoms with Gasteiger partial charge in [-0.2, -0.15) is 0 Å². The van der Waals surface area contributed by atoms with Crippen LogP contribution in [-0.2, 0) is 23.8 Å². The first-order valence-corrected chi connectivity index (χ1v) is 14.4. The standard InChI is InChI=1S/C31H52O6/c1-20(2)29(13-11-23(7)12-14-29)36-25(32)27(8,9)15-18-31(34,22(5)6)26(33)37-30(21(3)4)17-16-28(10)24(19-30)35-28/h11,20-22,24,34H,12-19H2,1-10H3. The van der Waals surface area contributed by atoms with Crippen LogP contribution in [-0.4, -0.2) is 45.6 Å². The highest BCUT2D eigenvalue weighted by molar-refractivity contribution is 5.81. The molecule has 0 aromatic heterocycles. The normalized spacial score (nSPS) is 33.6. The molecule has 5 atom stereocenters. The zero-order valence-electron chi connectivity index (χ0n) is 25.0. The molecule has 1 saturated heterocycles. The quantitative estimate of drug-likeness (QED) is 0.200. The van der Waals surface area contributed by atoms with Crippen LogP contribution in [0.2, 0.25) is 0 Å². The number of aliphatic hydroxyl groups is 1. The molecule has 0 aromatic rings. The lowest BCUT2D eigenvalue weighted by molar-refractivity contribution is -0.198. The number of epoxide rings is 1. The van der Waals surface area contributed by atoms with Gasteiger partial charge < -0.3 is 19.3 Å². The molecule has 2 aliphatic carbocycles. The van der Waals surface area contributed by atoms with E-state index in [0.29, 0.717) is 12.8 Å². The van der Waals surface area contributed by atoms with Gasteiger partial charge in [-0.1, -0.05) is 53.2 Å². The van der Waals surface area contributed by atoms with Crippen molar-refractivity contribution in [3.8, 4) is 0 Å². The third-order valence-corrected chi connectivity index (χ3v) is 10.0. The molecule has 6 nitrogen and oxygen atoms in total. The molecule has 1 N–H and O–H groups in total. The lowest BCUT2D eigenvalue weighted by atomic mass is 9.73. The molecule has 1 saturated carbocycles. The number of allylic oxidation sites excluding steroid dienone is 1. The largest absolute Gasteiger partial charge is 0.458 e. The fraction of sp³-hybridized carbons (Fsp3) is 0.871. The van der Waals surface area contributed by atoms with Crippen molar-refractivity contribution in [3.05, 3.63) is 11.6 Å². The molecule has 3 aliphatic rings. The topological polar surface area (TPSA) is 85.4 Å². The number of esters is 2. The van der Waals surface area contributed by atoms with Crippen LogP contribution in [0.15, 0.2) is 11.6 Å². The summed E-state index contributed by atoms with van der Waals surface area (Å²) in [6.45, 7) is 19.9. The van der Waals surface area contributed by atoms with E-state index in [1.807, 2.05) is 27.7 Å². The number of carbonyl (C=O) groups excluding carboxylic acids is 2. The van der Waals surface area contributed by atoms with Crippen LogP contribution in [0.5, 0.6) is 0 Å². The van der Waals surface area contributed by atoms with E-state index in [4.69, 9.17) is 14.2 Å². The molecular formula is C31H52O6. The van der Waals surface area contributed by atoms with Gasteiger partial charge in [-0.05, 0) is 84.0 Å². The molecular weight excluding hydrogens is 468 g/mol. The van der Waals surface area contributed by atoms with Crippen molar-refractivity contribution in [2.75, 3.05) is 0 Å². The van der Waals surface area contributed by atoms with E-state index < -0.39 is 28.2 Å². The average Bonchev–Trinajstić information content (AvgIpc) is 3.48. The molecule has 3 rings (SSSR count). The lowest BCUT2D eigenvalue weighted by Gasteiger charge is -2.43. The summed E-state index contributed by atoms with van der Waals surface area (Å²) in [6, 6.07) is 0. The molecule has 212 valence electrons. The summed E-state index contributed by atoms with van der Waals surface area (Å²) >= 11 is 0. The van der Waals surface area contributed by atoms with Gasteiger partial charge in [0.05, 0.1) is 17.1 Å². The van der Waals surface area contributed by atoms with Crippen LogP contribution in [0.1, 0.15) is 121 Å². The fourth-order valence-electron chi connectivity index (χ4n) is 5.90. The van der Waals surface area contributed by atoms with E-state index in [9.17, 15) is 14.7 Å². The lowest BCUT2D eigenvalue weighted by Crippen LogP contribution is -2.53. The summed E-state index contributed by atoms with van der Waals surface area (Å²) < 4.78 is 18.3. The van der Waals surface area contributed by atoms with Gasteiger partial charge in [0.1, 0.15) is 11.2 Å². The van der Waals surface area contributed by atoms with Crippen molar-refractivity contribution in [1.29, 1.82) is 0 Å². The smallest absolute Gasteiger partial charge is 0.338 e. The summed E-state index contributed by atoms with van der Waals surface area (Å²) in [7, 11) is 0. The number of ether oxygens (including phenoxy) is 3. The fourth-order valence-corrected chi connectivity index (χ4v) is 5.90. The summed E-state index contributed by atoms with van der Waals surface area (Å²) in [5.74, 6) is -0.927. The molecule has 1 heterocycles. The van der Waals surface area contributed by atoms with Crippen molar-refractivity contribution in [2.24, 2.45) is 23.2 Å². The van der Waals surface area contributed by atoms with E-state index >= 15 is 0 Å². The maximum atomic E-state index is 13.6. The van der Waals surface area contributed by atoms with Gasteiger partial charge in [0.2, 0.25) is 0 Å². The zero-order chi connectivity index (χ0) is 28.0. The van der Waals surface area contributed by atoms with E-state index in [1.165, 1.54) is 5.57 Å². The van der Waals surface area contributed by atoms with Crippen LogP contribution in [0, 0.1) is 23.2 Å². The Morgan fingerprint density at radius 3 is 2.08 bits per heavy atom. The second-order valence-corrected chi connectivity index (χ2v) is 14.1. The number of carbonyl (C=O) groups is 2. The Balaban J connectivity index is 1.71. The summed E-state index contributed by atoms with van der Waals surface area (Å²) in [5, 5.41) is 11.7. The molecule has 0 aromatic carbocycles. The number of fused-ring (bicyclic) bond motifs is 1. The maximum absolute atomic E-state index is 13.6. The second kappa shape index (κ2) is 10.3. The van der Waals surface area contributed by atoms with Crippen molar-refractivity contribution in [3.63, 3.8) is 0 Å². The van der Waals surface area contributed by atoms with Crippen LogP contribution < -0.4 is 0 Å². The highest BCUT2D eigenvalue weighted by Crippen LogP contribution is 2.54. The zero-order valence-corrected chi connectivity index (χ0v) is 25.0. The van der Waals surface area contributed by atoms with Crippen LogP contribution in [0.25, 0.3) is 0 Å². The highest BCUT2D eigenvalue weighted by atomic mass is 16.6. The summed E-state index contributed by atoms with van der Waals surface area (Å²) in [4.78, 5) is 27.1. The first-order chi connectivity index (χ1) is 16.9. The molecule has 0 radical (unpaired) electrons. The third-order valence-electron chi connectivity index (χ3n) is 10.0. The molecule has 1 aliphatic heterocycles. The van der Waals surface area contributed by atoms with Crippen LogP contribution >= 0.6 is 0 Å². The Labute approximate surface area is 224 Å². The van der Waals surface area contributed by atoms with Crippen molar-refractivity contribution in [2.45, 2.75) is 149 Å². The SMILES string of the molecule is CC1=CCC(OC(=O)C(C)(C)CCC(O)(C(=O)OC2(C(C)C)CCC3(C)OC3C2)C(C)C)(C(C)C)CC1. The van der Waals surface area contributed by atoms with Gasteiger partial charge in [0.15, 0.2) is 5.60 Å². The van der Waals surface area contributed by atoms with Crippen LogP contribution in [0.4, 0.5) is 0 Å². The summed E-state index contributed by atoms with van der Waals surface area (Å²) in [5.41, 5.74) is -2.46.